The van der Waals surface area contributed by atoms with E-state index in [1.54, 1.807) is 16.9 Å². The monoisotopic (exact) mass is 224 g/mol. The number of hydrogen-bond donors (Lipinski definition) is 1. The number of nitrogens with zero attached hydrogens (tertiary/aromatic N) is 3. The van der Waals surface area contributed by atoms with Crippen molar-refractivity contribution in [3.63, 3.8) is 0 Å². The Morgan fingerprint density at radius 1 is 1.06 bits per heavy atom. The second-order valence-corrected chi connectivity index (χ2v) is 3.87. The molecule has 3 aromatic rings. The van der Waals surface area contributed by atoms with Crippen LogP contribution in [-0.2, 0) is 0 Å². The van der Waals surface area contributed by atoms with E-state index in [9.17, 15) is 0 Å². The Kier molecular flexibility index (Phi) is 2.26. The molecule has 3 rings (SSSR count). The number of anilines is 2. The van der Waals surface area contributed by atoms with E-state index in [0.29, 0.717) is 0 Å². The number of benzene rings is 1. The van der Waals surface area contributed by atoms with E-state index in [2.05, 4.69) is 28.4 Å². The van der Waals surface area contributed by atoms with Crippen LogP contribution in [0, 0.1) is 6.92 Å². The molecule has 4 heteroatoms. The maximum atomic E-state index is 4.24. The van der Waals surface area contributed by atoms with Gasteiger partial charge in [-0.25, -0.2) is 4.98 Å². The number of hydrogen-bond acceptors (Lipinski definition) is 3. The third kappa shape index (κ3) is 1.73. The van der Waals surface area contributed by atoms with Crippen LogP contribution in [0.5, 0.6) is 0 Å². The summed E-state index contributed by atoms with van der Waals surface area (Å²) in [6, 6.07) is 11.9. The Hall–Kier alpha value is -2.36. The van der Waals surface area contributed by atoms with E-state index in [4.69, 9.17) is 0 Å². The quantitative estimate of drug-likeness (QED) is 0.727. The average Bonchev–Trinajstić information content (AvgIpc) is 2.81. The fourth-order valence-electron chi connectivity index (χ4n) is 1.78. The molecule has 0 unspecified atom stereocenters. The van der Waals surface area contributed by atoms with Crippen LogP contribution in [0.15, 0.2) is 48.8 Å². The number of fused-ring (bicyclic) bond motifs is 1. The van der Waals surface area contributed by atoms with Crippen LogP contribution in [0.25, 0.3) is 5.65 Å². The lowest BCUT2D eigenvalue weighted by molar-refractivity contribution is 0.947. The van der Waals surface area contributed by atoms with E-state index in [-0.39, 0.29) is 0 Å². The zero-order valence-corrected chi connectivity index (χ0v) is 9.46. The maximum Gasteiger partial charge on any atom is 0.157 e. The Morgan fingerprint density at radius 3 is 2.82 bits per heavy atom. The topological polar surface area (TPSA) is 42.2 Å². The first-order valence-corrected chi connectivity index (χ1v) is 5.46. The molecule has 4 nitrogen and oxygen atoms in total. The predicted molar refractivity (Wildman–Crippen MR) is 67.4 cm³/mol. The van der Waals surface area contributed by atoms with Crippen molar-refractivity contribution in [2.45, 2.75) is 6.92 Å². The van der Waals surface area contributed by atoms with Gasteiger partial charge in [0.05, 0.1) is 6.20 Å². The van der Waals surface area contributed by atoms with Gasteiger partial charge < -0.3 is 5.32 Å². The highest BCUT2D eigenvalue weighted by molar-refractivity contribution is 5.61. The van der Waals surface area contributed by atoms with Gasteiger partial charge in [-0.05, 0) is 24.6 Å². The molecule has 2 heterocycles. The third-order valence-electron chi connectivity index (χ3n) is 2.70. The van der Waals surface area contributed by atoms with Gasteiger partial charge in [0.1, 0.15) is 5.82 Å². The lowest BCUT2D eigenvalue weighted by atomic mass is 10.2. The molecule has 1 aromatic carbocycles. The van der Waals surface area contributed by atoms with Gasteiger partial charge in [-0.15, -0.1) is 0 Å². The molecular formula is C13H12N4. The van der Waals surface area contributed by atoms with E-state index in [1.807, 2.05) is 30.3 Å². The number of aryl methyl sites for hydroxylation is 1. The predicted octanol–water partition coefficient (Wildman–Crippen LogP) is 2.78. The highest BCUT2D eigenvalue weighted by Gasteiger charge is 2.03. The van der Waals surface area contributed by atoms with Gasteiger partial charge in [0.15, 0.2) is 5.65 Å². The molecule has 0 saturated carbocycles. The molecule has 0 atom stereocenters. The average molecular weight is 224 g/mol. The van der Waals surface area contributed by atoms with Gasteiger partial charge >= 0.3 is 0 Å². The molecule has 0 amide bonds. The van der Waals surface area contributed by atoms with Crippen molar-refractivity contribution in [1.29, 1.82) is 0 Å². The van der Waals surface area contributed by atoms with Crippen LogP contribution in [0.2, 0.25) is 0 Å². The second kappa shape index (κ2) is 3.90. The van der Waals surface area contributed by atoms with Crippen LogP contribution < -0.4 is 5.32 Å². The fourth-order valence-corrected chi connectivity index (χ4v) is 1.78. The van der Waals surface area contributed by atoms with Gasteiger partial charge in [0.2, 0.25) is 0 Å². The lowest BCUT2D eigenvalue weighted by Gasteiger charge is -2.10. The van der Waals surface area contributed by atoms with Crippen molar-refractivity contribution >= 4 is 17.2 Å². The molecule has 0 radical (unpaired) electrons. The number of nitrogens with one attached hydrogen (secondary N) is 1. The van der Waals surface area contributed by atoms with Crippen LogP contribution in [0.1, 0.15) is 5.56 Å². The SMILES string of the molecule is Cc1ccccc1Nc1ccnc2ccnn12. The normalized spacial score (nSPS) is 10.6. The summed E-state index contributed by atoms with van der Waals surface area (Å²) >= 11 is 0. The highest BCUT2D eigenvalue weighted by Crippen LogP contribution is 2.19. The van der Waals surface area contributed by atoms with E-state index < -0.39 is 0 Å². The van der Waals surface area contributed by atoms with Crippen LogP contribution in [0.4, 0.5) is 11.5 Å². The lowest BCUT2D eigenvalue weighted by Crippen LogP contribution is -2.01. The smallest absolute Gasteiger partial charge is 0.157 e. The summed E-state index contributed by atoms with van der Waals surface area (Å²) in [6.07, 6.45) is 3.52. The molecular weight excluding hydrogens is 212 g/mol. The molecule has 1 N–H and O–H groups in total. The van der Waals surface area contributed by atoms with Crippen molar-refractivity contribution in [1.82, 2.24) is 14.6 Å². The Morgan fingerprint density at radius 2 is 1.94 bits per heavy atom. The number of para-hydroxylation sites is 1. The van der Waals surface area contributed by atoms with Crippen LogP contribution >= 0.6 is 0 Å². The Labute approximate surface area is 98.9 Å². The molecule has 0 bridgehead atoms. The summed E-state index contributed by atoms with van der Waals surface area (Å²) in [5.41, 5.74) is 3.11. The first-order chi connectivity index (χ1) is 8.34. The number of aromatic nitrogens is 3. The summed E-state index contributed by atoms with van der Waals surface area (Å²) in [5, 5.41) is 7.60. The summed E-state index contributed by atoms with van der Waals surface area (Å²) < 4.78 is 1.78. The summed E-state index contributed by atoms with van der Waals surface area (Å²) in [5.74, 6) is 0.911. The minimum atomic E-state index is 0.837. The maximum absolute atomic E-state index is 4.24. The largest absolute Gasteiger partial charge is 0.340 e. The molecule has 0 aliphatic rings. The second-order valence-electron chi connectivity index (χ2n) is 3.87. The van der Waals surface area contributed by atoms with Crippen molar-refractivity contribution in [2.24, 2.45) is 0 Å². The third-order valence-corrected chi connectivity index (χ3v) is 2.70. The molecule has 84 valence electrons. The van der Waals surface area contributed by atoms with Gasteiger partial charge in [-0.3, -0.25) is 0 Å². The van der Waals surface area contributed by atoms with Crippen LogP contribution in [-0.4, -0.2) is 14.6 Å². The summed E-state index contributed by atoms with van der Waals surface area (Å²) in [7, 11) is 0. The molecule has 0 fully saturated rings. The van der Waals surface area contributed by atoms with E-state index in [0.717, 1.165) is 17.2 Å². The van der Waals surface area contributed by atoms with Crippen LogP contribution in [0.3, 0.4) is 0 Å². The standard InChI is InChI=1S/C13H12N4/c1-10-4-2-3-5-11(10)16-13-6-8-14-12-7-9-15-17(12)13/h2-9,16H,1H3. The van der Waals surface area contributed by atoms with Crippen molar-refractivity contribution in [3.8, 4) is 0 Å². The van der Waals surface area contributed by atoms with Gasteiger partial charge in [0, 0.05) is 18.0 Å². The van der Waals surface area contributed by atoms with Crippen molar-refractivity contribution in [2.75, 3.05) is 5.32 Å². The Bertz CT molecular complexity index is 657. The first kappa shape index (κ1) is 9.84. The molecule has 2 aromatic heterocycles. The minimum absolute atomic E-state index is 0.837. The van der Waals surface area contributed by atoms with Crippen molar-refractivity contribution in [3.05, 3.63) is 54.4 Å². The van der Waals surface area contributed by atoms with E-state index >= 15 is 0 Å². The molecule has 0 saturated heterocycles. The van der Waals surface area contributed by atoms with Gasteiger partial charge in [-0.2, -0.15) is 9.61 Å². The highest BCUT2D eigenvalue weighted by atomic mass is 15.3. The van der Waals surface area contributed by atoms with Gasteiger partial charge in [0.25, 0.3) is 0 Å². The van der Waals surface area contributed by atoms with Crippen molar-refractivity contribution < 1.29 is 0 Å². The minimum Gasteiger partial charge on any atom is -0.340 e. The summed E-state index contributed by atoms with van der Waals surface area (Å²) in [4.78, 5) is 4.23. The summed E-state index contributed by atoms with van der Waals surface area (Å²) in [6.45, 7) is 2.07. The van der Waals surface area contributed by atoms with E-state index in [1.165, 1.54) is 5.56 Å². The molecule has 17 heavy (non-hydrogen) atoms. The Balaban J connectivity index is 2.06. The zero-order valence-electron chi connectivity index (χ0n) is 9.46. The number of rotatable bonds is 2. The van der Waals surface area contributed by atoms with Gasteiger partial charge in [-0.1, -0.05) is 18.2 Å². The molecule has 0 aliphatic carbocycles. The first-order valence-electron chi connectivity index (χ1n) is 5.46. The fraction of sp³-hybridized carbons (Fsp3) is 0.0769. The molecule has 0 spiro atoms. The zero-order chi connectivity index (χ0) is 11.7. The molecule has 0 aliphatic heterocycles.